The molecule has 4 aromatic rings. The van der Waals surface area contributed by atoms with Crippen molar-refractivity contribution in [1.82, 2.24) is 36.2 Å². The Labute approximate surface area is 444 Å². The van der Waals surface area contributed by atoms with Crippen molar-refractivity contribution in [2.45, 2.75) is 156 Å². The SMILES string of the molecule is Cc1ccc(C(=O)Nc2ccc(Nc3nc(N4C[C@H](NC(=O)OC(C)(C)C)C[C@H](NC(=O)OC(C)(C)C)C4)nc(N4C[C@H](NC(=O)OC(C)(C)C)C[C@H](NC(=O)OC(C)(C)C)C4)n3)cc2OCc2ccccc2)c(O)c1. The van der Waals surface area contributed by atoms with Crippen molar-refractivity contribution >= 4 is 59.5 Å². The largest absolute Gasteiger partial charge is 0.507 e. The molecule has 2 aliphatic rings. The van der Waals surface area contributed by atoms with Crippen LogP contribution < -0.4 is 46.4 Å². The van der Waals surface area contributed by atoms with Gasteiger partial charge in [0.1, 0.15) is 40.5 Å². The van der Waals surface area contributed by atoms with Gasteiger partial charge in [-0.1, -0.05) is 36.4 Å². The number of hydrogen-bond acceptors (Lipinski definition) is 17. The Morgan fingerprint density at radius 1 is 0.579 bits per heavy atom. The van der Waals surface area contributed by atoms with Crippen LogP contribution in [0.5, 0.6) is 11.5 Å². The lowest BCUT2D eigenvalue weighted by Gasteiger charge is -2.40. The zero-order chi connectivity index (χ0) is 55.8. The van der Waals surface area contributed by atoms with Crippen molar-refractivity contribution in [3.8, 4) is 11.5 Å². The molecule has 0 saturated carbocycles. The van der Waals surface area contributed by atoms with E-state index in [9.17, 15) is 29.1 Å². The minimum absolute atomic E-state index is 0.0492. The van der Waals surface area contributed by atoms with Crippen molar-refractivity contribution in [2.75, 3.05) is 46.6 Å². The minimum atomic E-state index is -0.794. The molecule has 0 radical (unpaired) electrons. The average Bonchev–Trinajstić information content (AvgIpc) is 3.26. The molecule has 3 aromatic carbocycles. The fraction of sp³-hybridized carbons (Fsp3) is 0.519. The predicted molar refractivity (Wildman–Crippen MR) is 287 cm³/mol. The Bertz CT molecular complexity index is 2520. The lowest BCUT2D eigenvalue weighted by Crippen LogP contribution is -2.59. The number of rotatable bonds is 13. The van der Waals surface area contributed by atoms with E-state index in [0.29, 0.717) is 24.2 Å². The van der Waals surface area contributed by atoms with Gasteiger partial charge in [-0.3, -0.25) is 4.79 Å². The highest BCUT2D eigenvalue weighted by Gasteiger charge is 2.36. The van der Waals surface area contributed by atoms with Crippen molar-refractivity contribution < 1.29 is 52.8 Å². The molecule has 1 aromatic heterocycles. The number of phenols is 1. The number of piperidine rings is 2. The molecule has 4 atom stereocenters. The second kappa shape index (κ2) is 23.8. The zero-order valence-corrected chi connectivity index (χ0v) is 45.9. The number of ether oxygens (including phenoxy) is 5. The van der Waals surface area contributed by atoms with Crippen LogP contribution in [0, 0.1) is 6.92 Å². The number of anilines is 5. The van der Waals surface area contributed by atoms with Crippen LogP contribution in [0.2, 0.25) is 0 Å². The van der Waals surface area contributed by atoms with E-state index < -0.39 is 76.9 Å². The van der Waals surface area contributed by atoms with E-state index in [1.54, 1.807) is 117 Å². The molecule has 3 heterocycles. The summed E-state index contributed by atoms with van der Waals surface area (Å²) in [7, 11) is 0. The first-order valence-corrected chi connectivity index (χ1v) is 25.3. The number of nitrogens with zero attached hydrogens (tertiary/aromatic N) is 5. The number of aromatic hydroxyl groups is 1. The molecule has 2 saturated heterocycles. The van der Waals surface area contributed by atoms with Crippen molar-refractivity contribution in [3.63, 3.8) is 0 Å². The molecule has 22 nitrogen and oxygen atoms in total. The normalized spacial score (nSPS) is 18.1. The van der Waals surface area contributed by atoms with Gasteiger partial charge in [0.25, 0.3) is 5.91 Å². The van der Waals surface area contributed by atoms with Gasteiger partial charge in [-0.2, -0.15) is 15.0 Å². The summed E-state index contributed by atoms with van der Waals surface area (Å²) in [6, 6.07) is 16.9. The zero-order valence-electron chi connectivity index (χ0n) is 45.9. The average molecular weight is 1050 g/mol. The number of benzene rings is 3. The second-order valence-electron chi connectivity index (χ2n) is 23.0. The lowest BCUT2D eigenvalue weighted by atomic mass is 10.0. The van der Waals surface area contributed by atoms with Gasteiger partial charge in [-0.05, 0) is 138 Å². The molecule has 22 heteroatoms. The summed E-state index contributed by atoms with van der Waals surface area (Å²) in [5.74, 6) is -0.136. The maximum Gasteiger partial charge on any atom is 0.407 e. The molecule has 0 spiro atoms. The number of hydrogen-bond donors (Lipinski definition) is 7. The van der Waals surface area contributed by atoms with Crippen molar-refractivity contribution in [1.29, 1.82) is 0 Å². The quantitative estimate of drug-likeness (QED) is 0.0619. The van der Waals surface area contributed by atoms with E-state index in [1.807, 2.05) is 37.3 Å². The van der Waals surface area contributed by atoms with E-state index in [2.05, 4.69) is 31.9 Å². The maximum atomic E-state index is 13.6. The summed E-state index contributed by atoms with van der Waals surface area (Å²) in [6.07, 6.45) is -2.02. The first-order chi connectivity index (χ1) is 35.4. The summed E-state index contributed by atoms with van der Waals surface area (Å²) < 4.78 is 28.9. The van der Waals surface area contributed by atoms with Crippen LogP contribution in [0.15, 0.2) is 66.7 Å². The standard InChI is InChI=1S/C54H75N11O11/c1-32-19-21-39(41(66)23-32)43(67)60-40-22-20-34(26-42(40)72-31-33-17-15-14-16-18-33)55-44-61-45(64-27-35(56-47(68)73-51(2,3)4)24-36(28-64)57-48(69)74-52(5,6)7)63-46(62-44)65-29-37(58-49(70)75-53(8,9)10)25-38(30-65)59-50(71)76-54(11,12)13/h14-23,26,35-38,66H,24-25,27-31H2,1-13H3,(H,56,68)(H,57,69)(H,58,70)(H,59,71)(H,60,67)(H,55,61,62,63)/t35-,36+,37-,38+. The van der Waals surface area contributed by atoms with E-state index in [0.717, 1.165) is 11.1 Å². The summed E-state index contributed by atoms with van der Waals surface area (Å²) in [5, 5.41) is 28.6. The highest BCUT2D eigenvalue weighted by Crippen LogP contribution is 2.33. The lowest BCUT2D eigenvalue weighted by molar-refractivity contribution is 0.0452. The number of aryl methyl sites for hydroxylation is 1. The van der Waals surface area contributed by atoms with Gasteiger partial charge in [-0.25, -0.2) is 19.2 Å². The highest BCUT2D eigenvalue weighted by atomic mass is 16.6. The predicted octanol–water partition coefficient (Wildman–Crippen LogP) is 8.45. The molecular formula is C54H75N11O11. The van der Waals surface area contributed by atoms with Crippen molar-refractivity contribution in [3.05, 3.63) is 83.4 Å². The maximum absolute atomic E-state index is 13.6. The van der Waals surface area contributed by atoms with Crippen LogP contribution in [-0.4, -0.2) is 123 Å². The van der Waals surface area contributed by atoms with E-state index in [1.165, 1.54) is 12.1 Å². The number of phenolic OH excluding ortho intramolecular Hbond substituents is 1. The van der Waals surface area contributed by atoms with Gasteiger partial charge in [0.2, 0.25) is 17.8 Å². The minimum Gasteiger partial charge on any atom is -0.507 e. The molecule has 2 fully saturated rings. The van der Waals surface area contributed by atoms with Crippen LogP contribution in [0.3, 0.4) is 0 Å². The van der Waals surface area contributed by atoms with Crippen LogP contribution in [0.25, 0.3) is 0 Å². The molecule has 412 valence electrons. The van der Waals surface area contributed by atoms with Crippen LogP contribution in [-0.2, 0) is 25.6 Å². The van der Waals surface area contributed by atoms with E-state index in [4.69, 9.17) is 38.6 Å². The smallest absolute Gasteiger partial charge is 0.407 e. The van der Waals surface area contributed by atoms with Gasteiger partial charge in [0.15, 0.2) is 0 Å². The Kier molecular flexibility index (Phi) is 18.0. The Morgan fingerprint density at radius 3 is 1.42 bits per heavy atom. The van der Waals surface area contributed by atoms with Gasteiger partial charge in [-0.15, -0.1) is 0 Å². The molecule has 7 N–H and O–H groups in total. The first-order valence-electron chi connectivity index (χ1n) is 25.3. The van der Waals surface area contributed by atoms with Crippen molar-refractivity contribution in [2.24, 2.45) is 0 Å². The third-order valence-electron chi connectivity index (χ3n) is 11.1. The van der Waals surface area contributed by atoms with E-state index in [-0.39, 0.29) is 67.7 Å². The number of aromatic nitrogens is 3. The van der Waals surface area contributed by atoms with Gasteiger partial charge < -0.3 is 70.5 Å². The van der Waals surface area contributed by atoms with Gasteiger partial charge >= 0.3 is 24.4 Å². The Balaban J connectivity index is 1.42. The Morgan fingerprint density at radius 2 is 1.01 bits per heavy atom. The monoisotopic (exact) mass is 1050 g/mol. The molecule has 6 rings (SSSR count). The first kappa shape index (κ1) is 57.5. The molecule has 5 amide bonds. The number of carbonyl (C=O) groups is 5. The molecular weight excluding hydrogens is 979 g/mol. The van der Waals surface area contributed by atoms with Gasteiger partial charge in [0.05, 0.1) is 35.4 Å². The summed E-state index contributed by atoms with van der Waals surface area (Å²) in [6.45, 7) is 23.7. The highest BCUT2D eigenvalue weighted by molar-refractivity contribution is 6.07. The topological polar surface area (TPSA) is 269 Å². The number of nitrogens with one attached hydrogen (secondary N) is 6. The number of alkyl carbamates (subject to hydrolysis) is 4. The molecule has 0 bridgehead atoms. The van der Waals surface area contributed by atoms with Gasteiger partial charge in [0, 0.05) is 37.9 Å². The fourth-order valence-electron chi connectivity index (χ4n) is 8.24. The third-order valence-corrected chi connectivity index (χ3v) is 11.1. The van der Waals surface area contributed by atoms with E-state index >= 15 is 0 Å². The summed E-state index contributed by atoms with van der Waals surface area (Å²) >= 11 is 0. The van der Waals surface area contributed by atoms with Crippen LogP contribution in [0.4, 0.5) is 48.4 Å². The molecule has 0 aliphatic carbocycles. The molecule has 76 heavy (non-hydrogen) atoms. The molecule has 2 aliphatic heterocycles. The van der Waals surface area contributed by atoms with Crippen LogP contribution >= 0.6 is 0 Å². The second-order valence-corrected chi connectivity index (χ2v) is 23.0. The summed E-state index contributed by atoms with van der Waals surface area (Å²) in [5.41, 5.74) is -0.718. The fourth-order valence-corrected chi connectivity index (χ4v) is 8.24. The number of amides is 5. The van der Waals surface area contributed by atoms with Crippen LogP contribution in [0.1, 0.15) is 117 Å². The number of carbonyl (C=O) groups excluding carboxylic acids is 5. The Hall–Kier alpha value is -7.78. The third kappa shape index (κ3) is 18.6. The molecule has 0 unspecified atom stereocenters. The summed E-state index contributed by atoms with van der Waals surface area (Å²) in [4.78, 5) is 85.1.